The lowest BCUT2D eigenvalue weighted by Crippen LogP contribution is -2.46. The molecule has 2 aromatic rings. The third kappa shape index (κ3) is 4.28. The van der Waals surface area contributed by atoms with Crippen LogP contribution in [-0.4, -0.2) is 31.1 Å². The molecule has 3 heteroatoms. The fourth-order valence-electron chi connectivity index (χ4n) is 4.54. The summed E-state index contributed by atoms with van der Waals surface area (Å²) in [7, 11) is 0. The summed E-state index contributed by atoms with van der Waals surface area (Å²) < 4.78 is 6.10. The summed E-state index contributed by atoms with van der Waals surface area (Å²) in [6.45, 7) is 5.14. The lowest BCUT2D eigenvalue weighted by Gasteiger charge is -2.38. The molecule has 0 unspecified atom stereocenters. The van der Waals surface area contributed by atoms with Crippen molar-refractivity contribution in [1.82, 2.24) is 10.2 Å². The minimum atomic E-state index is 0.542. The van der Waals surface area contributed by atoms with Crippen LogP contribution >= 0.6 is 0 Å². The molecule has 0 radical (unpaired) electrons. The van der Waals surface area contributed by atoms with Gasteiger partial charge in [-0.25, -0.2) is 0 Å². The summed E-state index contributed by atoms with van der Waals surface area (Å²) in [5.74, 6) is 1.78. The Balaban J connectivity index is 1.51. The predicted octanol–water partition coefficient (Wildman–Crippen LogP) is 4.40. The van der Waals surface area contributed by atoms with E-state index in [0.29, 0.717) is 12.6 Å². The average molecular weight is 351 g/mol. The molecule has 1 saturated carbocycles. The fraction of sp³-hybridized carbons (Fsp3) is 0.478. The van der Waals surface area contributed by atoms with Gasteiger partial charge in [-0.1, -0.05) is 55.3 Å². The minimum Gasteiger partial charge on any atom is -0.489 e. The second-order valence-corrected chi connectivity index (χ2v) is 7.62. The Labute approximate surface area is 157 Å². The second-order valence-electron chi connectivity index (χ2n) is 7.62. The van der Waals surface area contributed by atoms with Crippen LogP contribution in [0.5, 0.6) is 5.75 Å². The Morgan fingerprint density at radius 1 is 0.962 bits per heavy atom. The van der Waals surface area contributed by atoms with Gasteiger partial charge in [0.25, 0.3) is 0 Å². The summed E-state index contributed by atoms with van der Waals surface area (Å²) >= 11 is 0. The van der Waals surface area contributed by atoms with E-state index < -0.39 is 0 Å². The van der Waals surface area contributed by atoms with Gasteiger partial charge in [0.1, 0.15) is 12.4 Å². The Morgan fingerprint density at radius 3 is 2.50 bits per heavy atom. The maximum atomic E-state index is 6.10. The van der Waals surface area contributed by atoms with E-state index in [4.69, 9.17) is 4.74 Å². The van der Waals surface area contributed by atoms with E-state index >= 15 is 0 Å². The highest BCUT2D eigenvalue weighted by Crippen LogP contribution is 2.40. The molecule has 0 aromatic heterocycles. The molecule has 26 heavy (non-hydrogen) atoms. The third-order valence-corrected chi connectivity index (χ3v) is 5.84. The zero-order valence-corrected chi connectivity index (χ0v) is 15.6. The topological polar surface area (TPSA) is 24.5 Å². The minimum absolute atomic E-state index is 0.542. The van der Waals surface area contributed by atoms with Crippen molar-refractivity contribution in [3.05, 3.63) is 65.7 Å². The van der Waals surface area contributed by atoms with Crippen LogP contribution in [0.25, 0.3) is 0 Å². The highest BCUT2D eigenvalue weighted by Gasteiger charge is 2.31. The lowest BCUT2D eigenvalue weighted by atomic mass is 9.89. The Hall–Kier alpha value is -1.84. The fourth-order valence-corrected chi connectivity index (χ4v) is 4.54. The van der Waals surface area contributed by atoms with Crippen molar-refractivity contribution >= 4 is 0 Å². The van der Waals surface area contributed by atoms with E-state index in [1.807, 2.05) is 6.07 Å². The highest BCUT2D eigenvalue weighted by molar-refractivity contribution is 5.32. The van der Waals surface area contributed by atoms with Crippen LogP contribution in [0.15, 0.2) is 54.6 Å². The van der Waals surface area contributed by atoms with E-state index in [-0.39, 0.29) is 0 Å². The number of rotatable bonds is 6. The Bertz CT molecular complexity index is 676. The maximum absolute atomic E-state index is 6.10. The number of piperazine rings is 1. The first kappa shape index (κ1) is 17.6. The van der Waals surface area contributed by atoms with Gasteiger partial charge in [-0.2, -0.15) is 0 Å². The number of hydrogen-bond donors (Lipinski definition) is 1. The van der Waals surface area contributed by atoms with E-state index in [0.717, 1.165) is 37.8 Å². The van der Waals surface area contributed by atoms with Crippen molar-refractivity contribution in [2.75, 3.05) is 26.2 Å². The third-order valence-electron chi connectivity index (χ3n) is 5.84. The average Bonchev–Trinajstić information content (AvgIpc) is 3.23. The van der Waals surface area contributed by atoms with E-state index in [2.05, 4.69) is 58.7 Å². The van der Waals surface area contributed by atoms with Gasteiger partial charge in [0.15, 0.2) is 0 Å². The van der Waals surface area contributed by atoms with Crippen LogP contribution in [0, 0.1) is 5.92 Å². The molecule has 1 heterocycles. The molecule has 1 saturated heterocycles. The van der Waals surface area contributed by atoms with Gasteiger partial charge >= 0.3 is 0 Å². The van der Waals surface area contributed by atoms with Crippen molar-refractivity contribution in [3.63, 3.8) is 0 Å². The molecular weight excluding hydrogens is 320 g/mol. The number of benzene rings is 2. The summed E-state index contributed by atoms with van der Waals surface area (Å²) in [6.07, 6.45) is 5.50. The van der Waals surface area contributed by atoms with Crippen molar-refractivity contribution in [1.29, 1.82) is 0 Å². The molecule has 2 fully saturated rings. The molecule has 2 aliphatic rings. The summed E-state index contributed by atoms with van der Waals surface area (Å²) in [6, 6.07) is 19.8. The molecule has 0 spiro atoms. The van der Waals surface area contributed by atoms with Gasteiger partial charge in [-0.3, -0.25) is 4.90 Å². The zero-order chi connectivity index (χ0) is 17.6. The van der Waals surface area contributed by atoms with Crippen LogP contribution in [0.2, 0.25) is 0 Å². The first-order chi connectivity index (χ1) is 12.9. The number of nitrogens with zero attached hydrogens (tertiary/aromatic N) is 1. The molecule has 1 aliphatic heterocycles. The maximum Gasteiger partial charge on any atom is 0.120 e. The first-order valence-corrected chi connectivity index (χ1v) is 10.1. The molecule has 1 N–H and O–H groups in total. The largest absolute Gasteiger partial charge is 0.489 e. The van der Waals surface area contributed by atoms with Gasteiger partial charge < -0.3 is 10.1 Å². The summed E-state index contributed by atoms with van der Waals surface area (Å²) in [5, 5.41) is 3.50. The molecule has 0 bridgehead atoms. The van der Waals surface area contributed by atoms with Crippen LogP contribution in [0.4, 0.5) is 0 Å². The number of hydrogen-bond acceptors (Lipinski definition) is 3. The molecular formula is C23H30N2O. The smallest absolute Gasteiger partial charge is 0.120 e. The first-order valence-electron chi connectivity index (χ1n) is 10.1. The Kier molecular flexibility index (Phi) is 5.88. The molecule has 138 valence electrons. The molecule has 1 aliphatic carbocycles. The van der Waals surface area contributed by atoms with Gasteiger partial charge in [-0.15, -0.1) is 0 Å². The summed E-state index contributed by atoms with van der Waals surface area (Å²) in [5.41, 5.74) is 2.65. The van der Waals surface area contributed by atoms with Gasteiger partial charge in [0, 0.05) is 32.2 Å². The van der Waals surface area contributed by atoms with Crippen LogP contribution in [-0.2, 0) is 6.61 Å². The standard InChI is InChI=1S/C23H30N2O/c1-2-7-19(8-3-1)18-26-22-12-6-11-21(17-22)23(20-9-4-5-10-20)25-15-13-24-14-16-25/h1-3,6-8,11-12,17,20,23-24H,4-5,9-10,13-16,18H2/t23-/m0/s1. The monoisotopic (exact) mass is 350 g/mol. The number of ether oxygens (including phenoxy) is 1. The van der Waals surface area contributed by atoms with E-state index in [1.54, 1.807) is 0 Å². The van der Waals surface area contributed by atoms with Crippen molar-refractivity contribution in [2.45, 2.75) is 38.3 Å². The number of nitrogens with one attached hydrogen (secondary N) is 1. The second kappa shape index (κ2) is 8.70. The van der Waals surface area contributed by atoms with Crippen LogP contribution < -0.4 is 10.1 Å². The normalized spacial score (nSPS) is 20.2. The van der Waals surface area contributed by atoms with Crippen molar-refractivity contribution < 1.29 is 4.74 Å². The molecule has 2 aromatic carbocycles. The molecule has 4 rings (SSSR count). The molecule has 0 amide bonds. The van der Waals surface area contributed by atoms with Gasteiger partial charge in [0.2, 0.25) is 0 Å². The molecule has 3 nitrogen and oxygen atoms in total. The van der Waals surface area contributed by atoms with Gasteiger partial charge in [0.05, 0.1) is 0 Å². The Morgan fingerprint density at radius 2 is 1.73 bits per heavy atom. The zero-order valence-electron chi connectivity index (χ0n) is 15.6. The highest BCUT2D eigenvalue weighted by atomic mass is 16.5. The molecule has 1 atom stereocenters. The van der Waals surface area contributed by atoms with E-state index in [9.17, 15) is 0 Å². The summed E-state index contributed by atoms with van der Waals surface area (Å²) in [4.78, 5) is 2.70. The lowest BCUT2D eigenvalue weighted by molar-refractivity contribution is 0.125. The predicted molar refractivity (Wildman–Crippen MR) is 106 cm³/mol. The SMILES string of the molecule is c1ccc(COc2cccc([C@H](C3CCCC3)N3CCNCC3)c2)cc1. The van der Waals surface area contributed by atoms with E-state index in [1.165, 1.54) is 36.8 Å². The van der Waals surface area contributed by atoms with Crippen LogP contribution in [0.1, 0.15) is 42.9 Å². The van der Waals surface area contributed by atoms with Crippen molar-refractivity contribution in [3.8, 4) is 5.75 Å². The van der Waals surface area contributed by atoms with Crippen molar-refractivity contribution in [2.24, 2.45) is 5.92 Å². The quantitative estimate of drug-likeness (QED) is 0.835. The van der Waals surface area contributed by atoms with Crippen LogP contribution in [0.3, 0.4) is 0 Å². The van der Waals surface area contributed by atoms with Gasteiger partial charge in [-0.05, 0) is 42.0 Å².